The van der Waals surface area contributed by atoms with E-state index in [9.17, 15) is 12.9 Å². The Labute approximate surface area is 121 Å². The molecular weight excluding hydrogens is 276 g/mol. The van der Waals surface area contributed by atoms with Gasteiger partial charge in [-0.05, 0) is 48.2 Å². The van der Waals surface area contributed by atoms with Gasteiger partial charge < -0.3 is 17.7 Å². The SMILES string of the molecule is F[B-](F)(F)c1ccc2cc(OC3C=CCCC3)ccc2c1. The van der Waals surface area contributed by atoms with Crippen molar-refractivity contribution in [3.05, 3.63) is 48.6 Å². The predicted octanol–water partition coefficient (Wildman–Crippen LogP) is 4.38. The summed E-state index contributed by atoms with van der Waals surface area (Å²) in [7, 11) is 0. The van der Waals surface area contributed by atoms with Gasteiger partial charge in [-0.15, -0.1) is 5.46 Å². The Morgan fingerprint density at radius 3 is 2.48 bits per heavy atom. The van der Waals surface area contributed by atoms with Gasteiger partial charge in [0.1, 0.15) is 11.9 Å². The fourth-order valence-electron chi connectivity index (χ4n) is 2.57. The molecule has 0 spiro atoms. The van der Waals surface area contributed by atoms with Crippen molar-refractivity contribution in [2.75, 3.05) is 0 Å². The second-order valence-corrected chi connectivity index (χ2v) is 5.36. The van der Waals surface area contributed by atoms with Gasteiger partial charge in [0, 0.05) is 0 Å². The molecule has 0 aromatic heterocycles. The van der Waals surface area contributed by atoms with Crippen LogP contribution in [0.3, 0.4) is 0 Å². The fraction of sp³-hybridized carbons (Fsp3) is 0.250. The summed E-state index contributed by atoms with van der Waals surface area (Å²) >= 11 is 0. The van der Waals surface area contributed by atoms with Crippen LogP contribution < -0.4 is 10.2 Å². The summed E-state index contributed by atoms with van der Waals surface area (Å²) < 4.78 is 44.1. The summed E-state index contributed by atoms with van der Waals surface area (Å²) in [5.41, 5.74) is -0.564. The van der Waals surface area contributed by atoms with Gasteiger partial charge in [0.15, 0.2) is 0 Å². The molecule has 0 heterocycles. The van der Waals surface area contributed by atoms with E-state index < -0.39 is 12.4 Å². The first-order valence-electron chi connectivity index (χ1n) is 7.09. The van der Waals surface area contributed by atoms with E-state index in [4.69, 9.17) is 4.74 Å². The quantitative estimate of drug-likeness (QED) is 0.602. The predicted molar refractivity (Wildman–Crippen MR) is 80.1 cm³/mol. The van der Waals surface area contributed by atoms with E-state index in [0.717, 1.165) is 30.7 Å². The molecule has 5 heteroatoms. The third kappa shape index (κ3) is 3.23. The minimum atomic E-state index is -4.95. The number of fused-ring (bicyclic) bond motifs is 1. The van der Waals surface area contributed by atoms with Crippen LogP contribution in [-0.2, 0) is 0 Å². The second kappa shape index (κ2) is 5.47. The molecule has 0 radical (unpaired) electrons. The van der Waals surface area contributed by atoms with Gasteiger partial charge in [0.2, 0.25) is 0 Å². The first kappa shape index (κ1) is 14.0. The van der Waals surface area contributed by atoms with Gasteiger partial charge in [0.25, 0.3) is 0 Å². The molecule has 1 atom stereocenters. The van der Waals surface area contributed by atoms with Crippen LogP contribution in [-0.4, -0.2) is 13.1 Å². The molecule has 110 valence electrons. The van der Waals surface area contributed by atoms with Crippen LogP contribution in [0.1, 0.15) is 19.3 Å². The second-order valence-electron chi connectivity index (χ2n) is 5.36. The zero-order valence-electron chi connectivity index (χ0n) is 11.4. The molecule has 2 aromatic rings. The van der Waals surface area contributed by atoms with Crippen molar-refractivity contribution in [1.29, 1.82) is 0 Å². The van der Waals surface area contributed by atoms with Crippen LogP contribution in [0.2, 0.25) is 0 Å². The Hall–Kier alpha value is -1.91. The maximum Gasteiger partial charge on any atom is 0.509 e. The number of rotatable bonds is 3. The molecule has 3 rings (SSSR count). The summed E-state index contributed by atoms with van der Waals surface area (Å²) in [4.78, 5) is 0. The van der Waals surface area contributed by atoms with Gasteiger partial charge in [-0.3, -0.25) is 0 Å². The average molecular weight is 291 g/mol. The van der Waals surface area contributed by atoms with Gasteiger partial charge in [-0.1, -0.05) is 30.3 Å². The molecule has 0 saturated heterocycles. The number of hydrogen-bond acceptors (Lipinski definition) is 1. The van der Waals surface area contributed by atoms with Crippen LogP contribution in [0, 0.1) is 0 Å². The Balaban J connectivity index is 1.87. The van der Waals surface area contributed by atoms with Crippen LogP contribution in [0.15, 0.2) is 48.6 Å². The highest BCUT2D eigenvalue weighted by Gasteiger charge is 2.25. The molecule has 0 saturated carbocycles. The molecule has 0 N–H and O–H groups in total. The maximum absolute atomic E-state index is 12.7. The summed E-state index contributed by atoms with van der Waals surface area (Å²) in [5.74, 6) is 0.698. The number of halogens is 3. The lowest BCUT2D eigenvalue weighted by molar-refractivity contribution is 0.230. The normalized spacial score (nSPS) is 18.9. The van der Waals surface area contributed by atoms with E-state index in [1.165, 1.54) is 12.1 Å². The number of hydrogen-bond donors (Lipinski definition) is 0. The summed E-state index contributed by atoms with van der Waals surface area (Å²) in [6.07, 6.45) is 7.37. The van der Waals surface area contributed by atoms with Crippen LogP contribution >= 0.6 is 0 Å². The highest BCUT2D eigenvalue weighted by molar-refractivity contribution is 6.73. The largest absolute Gasteiger partial charge is 0.509 e. The Bertz CT molecular complexity index is 679. The van der Waals surface area contributed by atoms with Crippen LogP contribution in [0.4, 0.5) is 12.9 Å². The summed E-state index contributed by atoms with van der Waals surface area (Å²) in [6, 6.07) is 9.04. The third-order valence-corrected chi connectivity index (χ3v) is 3.71. The minimum absolute atomic E-state index is 0.0639. The molecule has 0 bridgehead atoms. The number of allylic oxidation sites excluding steroid dienone is 1. The first-order chi connectivity index (χ1) is 10.0. The minimum Gasteiger partial charge on any atom is -0.486 e. The monoisotopic (exact) mass is 291 g/mol. The average Bonchev–Trinajstić information content (AvgIpc) is 2.47. The van der Waals surface area contributed by atoms with Crippen molar-refractivity contribution in [3.8, 4) is 5.75 Å². The molecule has 1 aliphatic carbocycles. The lowest BCUT2D eigenvalue weighted by atomic mass is 9.79. The van der Waals surface area contributed by atoms with E-state index in [1.54, 1.807) is 18.2 Å². The fourth-order valence-corrected chi connectivity index (χ4v) is 2.57. The van der Waals surface area contributed by atoms with Gasteiger partial charge in [-0.25, -0.2) is 0 Å². The smallest absolute Gasteiger partial charge is 0.486 e. The molecule has 2 aromatic carbocycles. The van der Waals surface area contributed by atoms with Gasteiger partial charge in [-0.2, -0.15) is 0 Å². The van der Waals surface area contributed by atoms with Crippen molar-refractivity contribution >= 4 is 23.2 Å². The maximum atomic E-state index is 12.7. The van der Waals surface area contributed by atoms with Crippen molar-refractivity contribution in [2.45, 2.75) is 25.4 Å². The van der Waals surface area contributed by atoms with E-state index in [1.807, 2.05) is 6.08 Å². The van der Waals surface area contributed by atoms with Crippen molar-refractivity contribution in [2.24, 2.45) is 0 Å². The van der Waals surface area contributed by atoms with Crippen molar-refractivity contribution in [3.63, 3.8) is 0 Å². The number of ether oxygens (including phenoxy) is 1. The van der Waals surface area contributed by atoms with Crippen molar-refractivity contribution < 1.29 is 17.7 Å². The summed E-state index contributed by atoms with van der Waals surface area (Å²) in [5, 5.41) is 1.34. The topological polar surface area (TPSA) is 9.23 Å². The molecule has 21 heavy (non-hydrogen) atoms. The Kier molecular flexibility index (Phi) is 3.66. The van der Waals surface area contributed by atoms with E-state index in [0.29, 0.717) is 11.1 Å². The molecule has 0 fully saturated rings. The zero-order valence-corrected chi connectivity index (χ0v) is 11.4. The first-order valence-corrected chi connectivity index (χ1v) is 7.09. The highest BCUT2D eigenvalue weighted by Crippen LogP contribution is 2.24. The summed E-state index contributed by atoms with van der Waals surface area (Å²) in [6.45, 7) is -4.95. The lowest BCUT2D eigenvalue weighted by Crippen LogP contribution is -2.33. The van der Waals surface area contributed by atoms with Gasteiger partial charge >= 0.3 is 6.98 Å². The third-order valence-electron chi connectivity index (χ3n) is 3.71. The molecule has 0 amide bonds. The van der Waals surface area contributed by atoms with E-state index >= 15 is 0 Å². The van der Waals surface area contributed by atoms with Crippen LogP contribution in [0.5, 0.6) is 5.75 Å². The van der Waals surface area contributed by atoms with E-state index in [2.05, 4.69) is 6.08 Å². The zero-order chi connectivity index (χ0) is 14.9. The van der Waals surface area contributed by atoms with E-state index in [-0.39, 0.29) is 6.10 Å². The highest BCUT2D eigenvalue weighted by atomic mass is 19.4. The standard InChI is InChI=1S/C16H15BF3O/c18-17(19,20)14-8-6-13-11-16(9-7-12(13)10-14)21-15-4-2-1-3-5-15/h2,4,6-11,15H,1,3,5H2/q-1. The Morgan fingerprint density at radius 2 is 1.76 bits per heavy atom. The molecule has 1 nitrogen and oxygen atoms in total. The van der Waals surface area contributed by atoms with Gasteiger partial charge in [0.05, 0.1) is 0 Å². The molecule has 0 aliphatic heterocycles. The number of benzene rings is 2. The molecule has 1 aliphatic rings. The van der Waals surface area contributed by atoms with Crippen LogP contribution in [0.25, 0.3) is 10.8 Å². The molecular formula is C16H15BF3O-. The molecule has 1 unspecified atom stereocenters. The Morgan fingerprint density at radius 1 is 1.00 bits per heavy atom. The lowest BCUT2D eigenvalue weighted by Gasteiger charge is -2.19. The van der Waals surface area contributed by atoms with Crippen molar-refractivity contribution in [1.82, 2.24) is 0 Å².